The normalized spacial score (nSPS) is 11.0. The molecular weight excluding hydrogens is 487 g/mol. The largest absolute Gasteiger partial charge is 0.423 e. The van der Waals surface area contributed by atoms with Crippen LogP contribution in [-0.4, -0.2) is 5.97 Å². The van der Waals surface area contributed by atoms with Crippen LogP contribution in [-0.2, 0) is 19.3 Å². The maximum Gasteiger partial charge on any atom is 0.349 e. The molecule has 37 heavy (non-hydrogen) atoms. The van der Waals surface area contributed by atoms with Crippen molar-refractivity contribution in [3.8, 4) is 16.9 Å². The van der Waals surface area contributed by atoms with E-state index in [-0.39, 0.29) is 0 Å². The van der Waals surface area contributed by atoms with Gasteiger partial charge in [-0.25, -0.2) is 26.7 Å². The zero-order valence-corrected chi connectivity index (χ0v) is 20.0. The number of carbonyl (C=O) groups excluding carboxylic acids is 1. The van der Waals surface area contributed by atoms with Crippen molar-refractivity contribution in [1.82, 2.24) is 0 Å². The van der Waals surface area contributed by atoms with Crippen LogP contribution in [0.2, 0.25) is 0 Å². The summed E-state index contributed by atoms with van der Waals surface area (Å²) in [6.07, 6.45) is 2.94. The summed E-state index contributed by atoms with van der Waals surface area (Å²) in [6, 6.07) is 19.1. The quantitative estimate of drug-likeness (QED) is 0.104. The molecule has 0 spiro atoms. The zero-order valence-electron chi connectivity index (χ0n) is 20.0. The van der Waals surface area contributed by atoms with Crippen molar-refractivity contribution in [2.45, 2.75) is 32.6 Å². The van der Waals surface area contributed by atoms with Gasteiger partial charge in [0.05, 0.1) is 0 Å². The molecule has 0 aliphatic rings. The summed E-state index contributed by atoms with van der Waals surface area (Å²) < 4.78 is 73.5. The van der Waals surface area contributed by atoms with Crippen molar-refractivity contribution < 1.29 is 31.5 Å². The van der Waals surface area contributed by atoms with Gasteiger partial charge in [-0.15, -0.1) is 0 Å². The molecule has 7 heteroatoms. The summed E-state index contributed by atoms with van der Waals surface area (Å²) in [5.41, 5.74) is 3.73. The molecule has 0 bridgehead atoms. The van der Waals surface area contributed by atoms with Crippen LogP contribution in [0.15, 0.2) is 72.8 Å². The van der Waals surface area contributed by atoms with Crippen LogP contribution in [0.3, 0.4) is 0 Å². The van der Waals surface area contributed by atoms with Crippen LogP contribution in [0.5, 0.6) is 5.75 Å². The minimum absolute atomic E-state index is 0.308. The molecule has 0 aromatic heterocycles. The number of esters is 1. The fourth-order valence-electron chi connectivity index (χ4n) is 4.02. The fraction of sp³-hybridized carbons (Fsp3) is 0.167. The molecule has 2 nitrogen and oxygen atoms in total. The van der Waals surface area contributed by atoms with Gasteiger partial charge in [-0.3, -0.25) is 0 Å². The Morgan fingerprint density at radius 1 is 0.622 bits per heavy atom. The summed E-state index contributed by atoms with van der Waals surface area (Å²) in [4.78, 5) is 12.2. The highest BCUT2D eigenvalue weighted by molar-refractivity contribution is 5.91. The van der Waals surface area contributed by atoms with Gasteiger partial charge in [-0.1, -0.05) is 61.9 Å². The number of hydrogen-bond acceptors (Lipinski definition) is 2. The number of rotatable bonds is 8. The minimum atomic E-state index is -1.75. The van der Waals surface area contributed by atoms with E-state index in [1.807, 2.05) is 24.3 Å². The van der Waals surface area contributed by atoms with Crippen LogP contribution in [0.1, 0.15) is 40.4 Å². The zero-order chi connectivity index (χ0) is 26.5. The van der Waals surface area contributed by atoms with E-state index in [9.17, 15) is 26.7 Å². The van der Waals surface area contributed by atoms with Gasteiger partial charge >= 0.3 is 5.97 Å². The predicted octanol–water partition coefficient (Wildman–Crippen LogP) is 8.01. The molecule has 4 rings (SSSR count). The Hall–Kier alpha value is -4.00. The number of hydrogen-bond donors (Lipinski definition) is 0. The number of ether oxygens (including phenoxy) is 1. The highest BCUT2D eigenvalue weighted by Gasteiger charge is 2.22. The highest BCUT2D eigenvalue weighted by Crippen LogP contribution is 2.24. The van der Waals surface area contributed by atoms with E-state index in [4.69, 9.17) is 0 Å². The van der Waals surface area contributed by atoms with Gasteiger partial charge in [-0.2, -0.15) is 0 Å². The first-order valence-electron chi connectivity index (χ1n) is 11.8. The van der Waals surface area contributed by atoms with Gasteiger partial charge in [0, 0.05) is 12.1 Å². The Balaban J connectivity index is 1.41. The summed E-state index contributed by atoms with van der Waals surface area (Å²) >= 11 is 0. The number of benzene rings is 4. The van der Waals surface area contributed by atoms with Gasteiger partial charge < -0.3 is 4.74 Å². The van der Waals surface area contributed by atoms with Crippen LogP contribution in [0.4, 0.5) is 22.0 Å². The third kappa shape index (κ3) is 6.23. The second kappa shape index (κ2) is 11.4. The number of carbonyl (C=O) groups is 1. The second-order valence-corrected chi connectivity index (χ2v) is 8.67. The first kappa shape index (κ1) is 26.1. The molecule has 0 heterocycles. The fourth-order valence-corrected chi connectivity index (χ4v) is 4.02. The predicted molar refractivity (Wildman–Crippen MR) is 131 cm³/mol. The van der Waals surface area contributed by atoms with Crippen molar-refractivity contribution in [2.75, 3.05) is 0 Å². The van der Waals surface area contributed by atoms with E-state index in [1.165, 1.54) is 5.56 Å². The Bertz CT molecular complexity index is 1370. The maximum absolute atomic E-state index is 14.6. The second-order valence-electron chi connectivity index (χ2n) is 8.67. The lowest BCUT2D eigenvalue weighted by Gasteiger charge is -2.10. The molecule has 0 saturated carbocycles. The van der Waals surface area contributed by atoms with Crippen molar-refractivity contribution >= 4 is 5.97 Å². The molecule has 0 N–H and O–H groups in total. The molecular formula is C30H23F5O2. The van der Waals surface area contributed by atoms with Crippen molar-refractivity contribution in [3.05, 3.63) is 124 Å². The maximum atomic E-state index is 14.6. The summed E-state index contributed by atoms with van der Waals surface area (Å²) in [6.45, 7) is 2.14. The van der Waals surface area contributed by atoms with Crippen LogP contribution < -0.4 is 4.74 Å². The molecule has 0 fully saturated rings. The van der Waals surface area contributed by atoms with E-state index in [0.29, 0.717) is 30.5 Å². The van der Waals surface area contributed by atoms with Crippen LogP contribution in [0.25, 0.3) is 11.1 Å². The molecule has 0 unspecified atom stereocenters. The lowest BCUT2D eigenvalue weighted by atomic mass is 9.98. The van der Waals surface area contributed by atoms with E-state index in [0.717, 1.165) is 41.7 Å². The van der Waals surface area contributed by atoms with Crippen molar-refractivity contribution in [3.63, 3.8) is 0 Å². The smallest absolute Gasteiger partial charge is 0.349 e. The number of halogens is 5. The lowest BCUT2D eigenvalue weighted by Crippen LogP contribution is -2.14. The number of aryl methyl sites for hydroxylation is 3. The van der Waals surface area contributed by atoms with Gasteiger partial charge in [0.15, 0.2) is 17.5 Å². The molecule has 0 aliphatic carbocycles. The highest BCUT2D eigenvalue weighted by atomic mass is 19.2. The van der Waals surface area contributed by atoms with E-state index < -0.39 is 46.4 Å². The standard InChI is InChI=1S/C30H23F5O2/c1-2-3-18-6-10-21(11-7-18)22-12-8-19(9-13-22)4-5-20-14-24(31)28(25(32)15-20)30(36)37-23-16-26(33)29(35)27(34)17-23/h6-17H,2-5H2,1H3. The Morgan fingerprint density at radius 3 is 1.57 bits per heavy atom. The molecule has 4 aromatic carbocycles. The van der Waals surface area contributed by atoms with Gasteiger partial charge in [0.1, 0.15) is 22.9 Å². The average molecular weight is 511 g/mol. The Morgan fingerprint density at radius 2 is 1.08 bits per heavy atom. The summed E-state index contributed by atoms with van der Waals surface area (Å²) in [7, 11) is 0. The van der Waals surface area contributed by atoms with E-state index >= 15 is 0 Å². The van der Waals surface area contributed by atoms with Gasteiger partial charge in [-0.05, 0) is 59.2 Å². The molecule has 4 aromatic rings. The average Bonchev–Trinajstić information content (AvgIpc) is 2.86. The van der Waals surface area contributed by atoms with Gasteiger partial charge in [0.25, 0.3) is 0 Å². The molecule has 0 radical (unpaired) electrons. The minimum Gasteiger partial charge on any atom is -0.423 e. The summed E-state index contributed by atoms with van der Waals surface area (Å²) in [5, 5.41) is 0. The monoisotopic (exact) mass is 510 g/mol. The molecule has 0 amide bonds. The first-order valence-corrected chi connectivity index (χ1v) is 11.8. The third-order valence-electron chi connectivity index (χ3n) is 5.96. The van der Waals surface area contributed by atoms with Crippen LogP contribution >= 0.6 is 0 Å². The Labute approximate surface area is 211 Å². The van der Waals surface area contributed by atoms with Crippen LogP contribution in [0, 0.1) is 29.1 Å². The molecule has 0 aliphatic heterocycles. The van der Waals surface area contributed by atoms with E-state index in [2.05, 4.69) is 35.9 Å². The molecule has 190 valence electrons. The topological polar surface area (TPSA) is 26.3 Å². The van der Waals surface area contributed by atoms with Crippen molar-refractivity contribution in [2.24, 2.45) is 0 Å². The third-order valence-corrected chi connectivity index (χ3v) is 5.96. The first-order chi connectivity index (χ1) is 17.7. The van der Waals surface area contributed by atoms with Crippen molar-refractivity contribution in [1.29, 1.82) is 0 Å². The lowest BCUT2D eigenvalue weighted by molar-refractivity contribution is 0.0723. The Kier molecular flexibility index (Phi) is 8.01. The summed E-state index contributed by atoms with van der Waals surface area (Å²) in [5.74, 6) is -9.52. The van der Waals surface area contributed by atoms with E-state index in [1.54, 1.807) is 0 Å². The SMILES string of the molecule is CCCc1ccc(-c2ccc(CCc3cc(F)c(C(=O)Oc4cc(F)c(F)c(F)c4)c(F)c3)cc2)cc1. The molecule has 0 atom stereocenters. The van der Waals surface area contributed by atoms with Gasteiger partial charge in [0.2, 0.25) is 0 Å². The molecule has 0 saturated heterocycles.